The summed E-state index contributed by atoms with van der Waals surface area (Å²) in [5.74, 6) is 1.53. The Labute approximate surface area is 116 Å². The summed E-state index contributed by atoms with van der Waals surface area (Å²) in [6.45, 7) is 6.83. The Bertz CT molecular complexity index is 432. The second kappa shape index (κ2) is 6.05. The van der Waals surface area contributed by atoms with Crippen molar-refractivity contribution in [3.05, 3.63) is 26.8 Å². The maximum atomic E-state index is 12.1. The standard InChI is InChI=1S/C12H19BrN2OS/c1-4-12(5-2,8-17)7-15-9(3)14-6-10(13)11(15)16/h6,17H,4-5,7-8H2,1-3H3. The zero-order valence-corrected chi connectivity index (χ0v) is 13.0. The van der Waals surface area contributed by atoms with Gasteiger partial charge in [-0.3, -0.25) is 9.36 Å². The predicted octanol–water partition coefficient (Wildman–Crippen LogP) is 3.05. The largest absolute Gasteiger partial charge is 0.295 e. The van der Waals surface area contributed by atoms with Crippen LogP contribution in [0, 0.1) is 12.3 Å². The minimum Gasteiger partial charge on any atom is -0.295 e. The highest BCUT2D eigenvalue weighted by molar-refractivity contribution is 9.10. The van der Waals surface area contributed by atoms with Crippen molar-refractivity contribution >= 4 is 28.6 Å². The highest BCUT2D eigenvalue weighted by Gasteiger charge is 2.26. The highest BCUT2D eigenvalue weighted by atomic mass is 79.9. The van der Waals surface area contributed by atoms with Crippen LogP contribution in [0.3, 0.4) is 0 Å². The molecule has 0 aliphatic rings. The van der Waals surface area contributed by atoms with Gasteiger partial charge >= 0.3 is 0 Å². The second-order valence-electron chi connectivity index (χ2n) is 4.41. The van der Waals surface area contributed by atoms with Gasteiger partial charge < -0.3 is 0 Å². The molecular formula is C12H19BrN2OS. The Balaban J connectivity index is 3.18. The van der Waals surface area contributed by atoms with Crippen LogP contribution in [0.4, 0.5) is 0 Å². The Hall–Kier alpha value is -0.290. The van der Waals surface area contributed by atoms with Crippen LogP contribution in [0.5, 0.6) is 0 Å². The van der Waals surface area contributed by atoms with Crippen LogP contribution in [0.1, 0.15) is 32.5 Å². The Morgan fingerprint density at radius 2 is 2.06 bits per heavy atom. The first kappa shape index (κ1) is 14.8. The van der Waals surface area contributed by atoms with Crippen molar-refractivity contribution < 1.29 is 0 Å². The molecule has 0 radical (unpaired) electrons. The van der Waals surface area contributed by atoms with Crippen molar-refractivity contribution in [1.29, 1.82) is 0 Å². The van der Waals surface area contributed by atoms with Crippen molar-refractivity contribution in [2.75, 3.05) is 5.75 Å². The smallest absolute Gasteiger partial charge is 0.267 e. The quantitative estimate of drug-likeness (QED) is 0.847. The summed E-state index contributed by atoms with van der Waals surface area (Å²) < 4.78 is 2.26. The van der Waals surface area contributed by atoms with Gasteiger partial charge in [0.1, 0.15) is 10.3 Å². The first-order valence-electron chi connectivity index (χ1n) is 5.82. The molecule has 0 aliphatic heterocycles. The molecule has 0 saturated heterocycles. The van der Waals surface area contributed by atoms with Crippen molar-refractivity contribution in [3.8, 4) is 0 Å². The lowest BCUT2D eigenvalue weighted by atomic mass is 9.84. The van der Waals surface area contributed by atoms with E-state index in [1.165, 1.54) is 0 Å². The molecule has 1 rings (SSSR count). The lowest BCUT2D eigenvalue weighted by Gasteiger charge is -2.31. The molecule has 0 unspecified atom stereocenters. The fourth-order valence-electron chi connectivity index (χ4n) is 1.82. The minimum absolute atomic E-state index is 0.00874. The molecule has 0 aromatic carbocycles. The summed E-state index contributed by atoms with van der Waals surface area (Å²) >= 11 is 7.68. The summed E-state index contributed by atoms with van der Waals surface area (Å²) in [4.78, 5) is 16.3. The lowest BCUT2D eigenvalue weighted by Crippen LogP contribution is -2.35. The van der Waals surface area contributed by atoms with Crippen molar-refractivity contribution in [3.63, 3.8) is 0 Å². The van der Waals surface area contributed by atoms with Gasteiger partial charge in [-0.1, -0.05) is 13.8 Å². The molecule has 17 heavy (non-hydrogen) atoms. The number of hydrogen-bond donors (Lipinski definition) is 1. The number of thiol groups is 1. The topological polar surface area (TPSA) is 34.9 Å². The summed E-state index contributed by atoms with van der Waals surface area (Å²) in [6.07, 6.45) is 3.57. The third kappa shape index (κ3) is 3.13. The van der Waals surface area contributed by atoms with Crippen LogP contribution in [-0.2, 0) is 6.54 Å². The SMILES string of the molecule is CCC(CC)(CS)Cn1c(C)ncc(Br)c1=O. The fraction of sp³-hybridized carbons (Fsp3) is 0.667. The van der Waals surface area contributed by atoms with E-state index in [0.29, 0.717) is 11.0 Å². The zero-order valence-electron chi connectivity index (χ0n) is 10.5. The average molecular weight is 319 g/mol. The van der Waals surface area contributed by atoms with Gasteiger partial charge in [0.25, 0.3) is 5.56 Å². The van der Waals surface area contributed by atoms with Crippen molar-refractivity contribution in [2.45, 2.75) is 40.2 Å². The second-order valence-corrected chi connectivity index (χ2v) is 5.58. The molecule has 3 nitrogen and oxygen atoms in total. The average Bonchev–Trinajstić information content (AvgIpc) is 2.36. The Kier molecular flexibility index (Phi) is 5.25. The maximum absolute atomic E-state index is 12.1. The molecule has 0 atom stereocenters. The number of nitrogens with zero attached hydrogens (tertiary/aromatic N) is 2. The van der Waals surface area contributed by atoms with Crippen LogP contribution in [0.2, 0.25) is 0 Å². The van der Waals surface area contributed by atoms with Crippen LogP contribution in [0.15, 0.2) is 15.5 Å². The van der Waals surface area contributed by atoms with E-state index in [4.69, 9.17) is 0 Å². The van der Waals surface area contributed by atoms with Gasteiger partial charge in [-0.2, -0.15) is 12.6 Å². The molecular weight excluding hydrogens is 300 g/mol. The predicted molar refractivity (Wildman–Crippen MR) is 77.8 cm³/mol. The molecule has 1 aromatic rings. The number of rotatable bonds is 5. The summed E-state index contributed by atoms with van der Waals surface area (Å²) in [5, 5.41) is 0. The van der Waals surface area contributed by atoms with E-state index >= 15 is 0 Å². The van der Waals surface area contributed by atoms with E-state index in [-0.39, 0.29) is 11.0 Å². The normalized spacial score (nSPS) is 11.8. The molecule has 0 amide bonds. The van der Waals surface area contributed by atoms with Crippen molar-refractivity contribution in [1.82, 2.24) is 9.55 Å². The molecule has 1 aromatic heterocycles. The van der Waals surface area contributed by atoms with Gasteiger partial charge in [-0.05, 0) is 46.9 Å². The van der Waals surface area contributed by atoms with Gasteiger partial charge in [0.2, 0.25) is 0 Å². The molecule has 0 bridgehead atoms. The van der Waals surface area contributed by atoms with E-state index in [1.807, 2.05) is 6.92 Å². The third-order valence-electron chi connectivity index (χ3n) is 3.53. The fourth-order valence-corrected chi connectivity index (χ4v) is 2.68. The van der Waals surface area contributed by atoms with E-state index in [9.17, 15) is 4.79 Å². The third-order valence-corrected chi connectivity index (χ3v) is 4.75. The van der Waals surface area contributed by atoms with Crippen LogP contribution >= 0.6 is 28.6 Å². The molecule has 0 spiro atoms. The van der Waals surface area contributed by atoms with Gasteiger partial charge in [-0.15, -0.1) is 0 Å². The number of aryl methyl sites for hydroxylation is 1. The number of aromatic nitrogens is 2. The molecule has 0 aliphatic carbocycles. The number of halogens is 1. The van der Waals surface area contributed by atoms with Gasteiger partial charge in [0, 0.05) is 12.7 Å². The molecule has 1 heterocycles. The van der Waals surface area contributed by atoms with E-state index < -0.39 is 0 Å². The zero-order chi connectivity index (χ0) is 13.1. The summed E-state index contributed by atoms with van der Waals surface area (Å²) in [6, 6.07) is 0. The maximum Gasteiger partial charge on any atom is 0.267 e. The van der Waals surface area contributed by atoms with Gasteiger partial charge in [-0.25, -0.2) is 4.98 Å². The summed E-state index contributed by atoms with van der Waals surface area (Å²) in [7, 11) is 0. The van der Waals surface area contributed by atoms with Gasteiger partial charge in [0.15, 0.2) is 0 Å². The highest BCUT2D eigenvalue weighted by Crippen LogP contribution is 2.29. The van der Waals surface area contributed by atoms with Crippen LogP contribution in [0.25, 0.3) is 0 Å². The van der Waals surface area contributed by atoms with E-state index in [0.717, 1.165) is 24.4 Å². The molecule has 5 heteroatoms. The lowest BCUT2D eigenvalue weighted by molar-refractivity contribution is 0.251. The monoisotopic (exact) mass is 318 g/mol. The molecule has 0 N–H and O–H groups in total. The molecule has 0 saturated carbocycles. The minimum atomic E-state index is -0.00874. The van der Waals surface area contributed by atoms with Crippen LogP contribution in [-0.4, -0.2) is 15.3 Å². The first-order valence-corrected chi connectivity index (χ1v) is 7.25. The first-order chi connectivity index (χ1) is 7.99. The van der Waals surface area contributed by atoms with E-state index in [2.05, 4.69) is 47.4 Å². The van der Waals surface area contributed by atoms with E-state index in [1.54, 1.807) is 10.8 Å². The van der Waals surface area contributed by atoms with Gasteiger partial charge in [0.05, 0.1) is 0 Å². The summed E-state index contributed by atoms with van der Waals surface area (Å²) in [5.41, 5.74) is 0.0609. The number of hydrogen-bond acceptors (Lipinski definition) is 3. The molecule has 96 valence electrons. The van der Waals surface area contributed by atoms with Crippen molar-refractivity contribution in [2.24, 2.45) is 5.41 Å². The Morgan fingerprint density at radius 3 is 2.53 bits per heavy atom. The van der Waals surface area contributed by atoms with Crippen LogP contribution < -0.4 is 5.56 Å². The Morgan fingerprint density at radius 1 is 1.47 bits per heavy atom. The molecule has 0 fully saturated rings.